The predicted molar refractivity (Wildman–Crippen MR) is 67.6 cm³/mol. The lowest BCUT2D eigenvalue weighted by atomic mass is 10.0. The van der Waals surface area contributed by atoms with Crippen LogP contribution in [-0.2, 0) is 0 Å². The summed E-state index contributed by atoms with van der Waals surface area (Å²) in [5, 5.41) is 12.2. The third-order valence-corrected chi connectivity index (χ3v) is 2.74. The van der Waals surface area contributed by atoms with E-state index >= 15 is 0 Å². The van der Waals surface area contributed by atoms with Gasteiger partial charge in [-0.3, -0.25) is 0 Å². The van der Waals surface area contributed by atoms with Gasteiger partial charge in [-0.25, -0.2) is 0 Å². The standard InChI is InChI=1S/C14H18N2/c1-10(2)11(3)16-12(4)14-7-5-6-13(8-14)9-15/h5-8,10-11,16H,4H2,1-3H3/t11-/m1/s1. The van der Waals surface area contributed by atoms with E-state index in [-0.39, 0.29) is 0 Å². The SMILES string of the molecule is C=C(N[C@H](C)C(C)C)c1cccc(C#N)c1. The monoisotopic (exact) mass is 214 g/mol. The van der Waals surface area contributed by atoms with Crippen LogP contribution in [0.1, 0.15) is 31.9 Å². The molecule has 0 heterocycles. The van der Waals surface area contributed by atoms with E-state index in [9.17, 15) is 0 Å². The minimum atomic E-state index is 0.373. The zero-order valence-electron chi connectivity index (χ0n) is 10.1. The van der Waals surface area contributed by atoms with Crippen molar-refractivity contribution in [2.75, 3.05) is 0 Å². The van der Waals surface area contributed by atoms with Gasteiger partial charge in [0.1, 0.15) is 0 Å². The third-order valence-electron chi connectivity index (χ3n) is 2.74. The predicted octanol–water partition coefficient (Wildman–Crippen LogP) is 3.16. The molecule has 1 aromatic rings. The fraction of sp³-hybridized carbons (Fsp3) is 0.357. The molecule has 0 fully saturated rings. The Morgan fingerprint density at radius 3 is 2.62 bits per heavy atom. The maximum Gasteiger partial charge on any atom is 0.0991 e. The van der Waals surface area contributed by atoms with Crippen molar-refractivity contribution in [2.45, 2.75) is 26.8 Å². The Kier molecular flexibility index (Phi) is 4.13. The summed E-state index contributed by atoms with van der Waals surface area (Å²) in [6.45, 7) is 10.5. The summed E-state index contributed by atoms with van der Waals surface area (Å²) < 4.78 is 0. The van der Waals surface area contributed by atoms with E-state index in [1.165, 1.54) is 0 Å². The Labute approximate surface area is 97.6 Å². The van der Waals surface area contributed by atoms with E-state index in [4.69, 9.17) is 5.26 Å². The summed E-state index contributed by atoms with van der Waals surface area (Å²) in [7, 11) is 0. The summed E-state index contributed by atoms with van der Waals surface area (Å²) in [4.78, 5) is 0. The molecule has 0 aromatic heterocycles. The summed E-state index contributed by atoms with van der Waals surface area (Å²) >= 11 is 0. The van der Waals surface area contributed by atoms with Crippen LogP contribution in [0.3, 0.4) is 0 Å². The largest absolute Gasteiger partial charge is 0.382 e. The Morgan fingerprint density at radius 1 is 1.38 bits per heavy atom. The average molecular weight is 214 g/mol. The van der Waals surface area contributed by atoms with Gasteiger partial charge in [-0.05, 0) is 30.5 Å². The van der Waals surface area contributed by atoms with Crippen LogP contribution in [0.5, 0.6) is 0 Å². The first-order valence-corrected chi connectivity index (χ1v) is 5.50. The Balaban J connectivity index is 2.77. The molecule has 0 saturated carbocycles. The molecule has 84 valence electrons. The van der Waals surface area contributed by atoms with Gasteiger partial charge in [0.25, 0.3) is 0 Å². The highest BCUT2D eigenvalue weighted by Crippen LogP contribution is 2.13. The molecule has 0 saturated heterocycles. The molecule has 0 aliphatic rings. The van der Waals surface area contributed by atoms with Crippen molar-refractivity contribution in [2.24, 2.45) is 5.92 Å². The first-order valence-electron chi connectivity index (χ1n) is 5.50. The Bertz CT molecular complexity index is 413. The van der Waals surface area contributed by atoms with Crippen LogP contribution >= 0.6 is 0 Å². The topological polar surface area (TPSA) is 35.8 Å². The molecular weight excluding hydrogens is 196 g/mol. The molecule has 0 radical (unpaired) electrons. The lowest BCUT2D eigenvalue weighted by molar-refractivity contribution is 0.481. The molecule has 2 nitrogen and oxygen atoms in total. The molecule has 1 atom stereocenters. The Morgan fingerprint density at radius 2 is 2.06 bits per heavy atom. The number of nitrogens with one attached hydrogen (secondary N) is 1. The average Bonchev–Trinajstić information content (AvgIpc) is 2.28. The fourth-order valence-corrected chi connectivity index (χ4v) is 1.30. The van der Waals surface area contributed by atoms with Gasteiger partial charge in [0.15, 0.2) is 0 Å². The lowest BCUT2D eigenvalue weighted by Gasteiger charge is -2.20. The summed E-state index contributed by atoms with van der Waals surface area (Å²) in [5.74, 6) is 0.552. The van der Waals surface area contributed by atoms with Gasteiger partial charge in [0.05, 0.1) is 11.6 Å². The van der Waals surface area contributed by atoms with Crippen LogP contribution in [0.2, 0.25) is 0 Å². The highest BCUT2D eigenvalue weighted by Gasteiger charge is 2.08. The molecule has 0 amide bonds. The molecule has 1 N–H and O–H groups in total. The zero-order chi connectivity index (χ0) is 12.1. The van der Waals surface area contributed by atoms with Crippen molar-refractivity contribution in [3.63, 3.8) is 0 Å². The van der Waals surface area contributed by atoms with Crippen molar-refractivity contribution in [1.29, 1.82) is 5.26 Å². The second-order valence-electron chi connectivity index (χ2n) is 4.35. The van der Waals surface area contributed by atoms with E-state index in [0.29, 0.717) is 17.5 Å². The minimum Gasteiger partial charge on any atom is -0.382 e. The van der Waals surface area contributed by atoms with Crippen LogP contribution in [0, 0.1) is 17.2 Å². The number of hydrogen-bond acceptors (Lipinski definition) is 2. The minimum absolute atomic E-state index is 0.373. The quantitative estimate of drug-likeness (QED) is 0.835. The first-order chi connectivity index (χ1) is 7.54. The first kappa shape index (κ1) is 12.3. The van der Waals surface area contributed by atoms with Gasteiger partial charge in [-0.15, -0.1) is 0 Å². The van der Waals surface area contributed by atoms with Crippen molar-refractivity contribution in [3.05, 3.63) is 42.0 Å². The molecule has 0 unspecified atom stereocenters. The molecule has 1 aromatic carbocycles. The van der Waals surface area contributed by atoms with Gasteiger partial charge < -0.3 is 5.32 Å². The van der Waals surface area contributed by atoms with Crippen LogP contribution in [0.15, 0.2) is 30.8 Å². The van der Waals surface area contributed by atoms with Gasteiger partial charge in [0, 0.05) is 11.7 Å². The lowest BCUT2D eigenvalue weighted by Crippen LogP contribution is -2.28. The number of benzene rings is 1. The van der Waals surface area contributed by atoms with E-state index in [1.54, 1.807) is 6.07 Å². The van der Waals surface area contributed by atoms with Crippen LogP contribution in [0.25, 0.3) is 5.70 Å². The maximum absolute atomic E-state index is 8.81. The molecule has 0 aliphatic heterocycles. The van der Waals surface area contributed by atoms with Gasteiger partial charge in [-0.1, -0.05) is 32.6 Å². The highest BCUT2D eigenvalue weighted by atomic mass is 14.9. The normalized spacial score (nSPS) is 11.9. The van der Waals surface area contributed by atoms with E-state index in [0.717, 1.165) is 11.3 Å². The van der Waals surface area contributed by atoms with E-state index in [1.807, 2.05) is 18.2 Å². The van der Waals surface area contributed by atoms with Gasteiger partial charge in [0.2, 0.25) is 0 Å². The molecule has 1 rings (SSSR count). The fourth-order valence-electron chi connectivity index (χ4n) is 1.30. The second-order valence-corrected chi connectivity index (χ2v) is 4.35. The third kappa shape index (κ3) is 3.13. The van der Waals surface area contributed by atoms with E-state index in [2.05, 4.69) is 38.7 Å². The number of nitrogens with zero attached hydrogens (tertiary/aromatic N) is 1. The van der Waals surface area contributed by atoms with Crippen molar-refractivity contribution >= 4 is 5.70 Å². The smallest absolute Gasteiger partial charge is 0.0991 e. The Hall–Kier alpha value is -1.75. The van der Waals surface area contributed by atoms with Gasteiger partial charge >= 0.3 is 0 Å². The van der Waals surface area contributed by atoms with Crippen molar-refractivity contribution in [1.82, 2.24) is 5.32 Å². The van der Waals surface area contributed by atoms with Crippen molar-refractivity contribution < 1.29 is 0 Å². The summed E-state index contributed by atoms with van der Waals surface area (Å²) in [6, 6.07) is 9.98. The number of nitriles is 1. The summed E-state index contributed by atoms with van der Waals surface area (Å²) in [5.41, 5.74) is 2.52. The van der Waals surface area contributed by atoms with Gasteiger partial charge in [-0.2, -0.15) is 5.26 Å². The molecule has 16 heavy (non-hydrogen) atoms. The van der Waals surface area contributed by atoms with E-state index < -0.39 is 0 Å². The molecule has 2 heteroatoms. The zero-order valence-corrected chi connectivity index (χ0v) is 10.1. The molecule has 0 aliphatic carbocycles. The number of hydrogen-bond donors (Lipinski definition) is 1. The van der Waals surface area contributed by atoms with Crippen LogP contribution in [-0.4, -0.2) is 6.04 Å². The van der Waals surface area contributed by atoms with Crippen LogP contribution < -0.4 is 5.32 Å². The second kappa shape index (κ2) is 5.37. The molecular formula is C14H18N2. The van der Waals surface area contributed by atoms with Crippen molar-refractivity contribution in [3.8, 4) is 6.07 Å². The highest BCUT2D eigenvalue weighted by molar-refractivity contribution is 5.63. The maximum atomic E-state index is 8.81. The van der Waals surface area contributed by atoms with Crippen LogP contribution in [0.4, 0.5) is 0 Å². The number of rotatable bonds is 4. The summed E-state index contributed by atoms with van der Waals surface area (Å²) in [6.07, 6.45) is 0. The molecule has 0 bridgehead atoms. The molecule has 0 spiro atoms.